The van der Waals surface area contributed by atoms with Gasteiger partial charge in [-0.15, -0.1) is 0 Å². The van der Waals surface area contributed by atoms with Crippen LogP contribution in [-0.2, 0) is 22.5 Å². The van der Waals surface area contributed by atoms with Gasteiger partial charge in [0.15, 0.2) is 0 Å². The Kier molecular flexibility index (Phi) is 5.04. The van der Waals surface area contributed by atoms with Gasteiger partial charge in [-0.25, -0.2) is 4.39 Å². The highest BCUT2D eigenvalue weighted by Gasteiger charge is 2.38. The van der Waals surface area contributed by atoms with Gasteiger partial charge in [0.2, 0.25) is 5.91 Å². The predicted octanol–water partition coefficient (Wildman–Crippen LogP) is 2.32. The van der Waals surface area contributed by atoms with Crippen molar-refractivity contribution in [2.75, 3.05) is 32.8 Å². The summed E-state index contributed by atoms with van der Waals surface area (Å²) >= 11 is 0. The summed E-state index contributed by atoms with van der Waals surface area (Å²) in [6.07, 6.45) is 1.84. The molecule has 6 heteroatoms. The van der Waals surface area contributed by atoms with E-state index in [1.807, 2.05) is 17.0 Å². The van der Waals surface area contributed by atoms with Crippen molar-refractivity contribution in [3.8, 4) is 0 Å². The van der Waals surface area contributed by atoms with Gasteiger partial charge in [-0.1, -0.05) is 18.2 Å². The zero-order valence-electron chi connectivity index (χ0n) is 14.6. The number of halogens is 1. The van der Waals surface area contributed by atoms with Gasteiger partial charge in [-0.05, 0) is 23.8 Å². The number of nitrogens with zero attached hydrogens (tertiary/aromatic N) is 2. The van der Waals surface area contributed by atoms with Crippen molar-refractivity contribution in [1.29, 1.82) is 0 Å². The molecular weight excluding hydrogens is 335 g/mol. The number of hydrogen-bond acceptors (Lipinski definition) is 4. The fourth-order valence-corrected chi connectivity index (χ4v) is 3.85. The SMILES string of the molecule is O=C(Cc1ccccc1F)N1C[C@@H]2CN(Cc3ccco3)CCO[C@@H]2C1. The van der Waals surface area contributed by atoms with Gasteiger partial charge in [0, 0.05) is 32.1 Å². The molecule has 0 bridgehead atoms. The van der Waals surface area contributed by atoms with Crippen molar-refractivity contribution in [2.24, 2.45) is 5.92 Å². The van der Waals surface area contributed by atoms with Gasteiger partial charge in [0.25, 0.3) is 0 Å². The minimum absolute atomic E-state index is 0.0376. The molecule has 5 nitrogen and oxygen atoms in total. The molecule has 3 heterocycles. The molecule has 0 spiro atoms. The van der Waals surface area contributed by atoms with E-state index in [0.29, 0.717) is 25.3 Å². The van der Waals surface area contributed by atoms with E-state index in [9.17, 15) is 9.18 Å². The topological polar surface area (TPSA) is 45.9 Å². The number of likely N-dealkylation sites (tertiary alicyclic amines) is 1. The molecule has 2 fully saturated rings. The Morgan fingerprint density at radius 2 is 2.04 bits per heavy atom. The van der Waals surface area contributed by atoms with Crippen LogP contribution < -0.4 is 0 Å². The van der Waals surface area contributed by atoms with Crippen LogP contribution >= 0.6 is 0 Å². The Balaban J connectivity index is 1.37. The van der Waals surface area contributed by atoms with Crippen LogP contribution in [0.2, 0.25) is 0 Å². The van der Waals surface area contributed by atoms with Crippen molar-refractivity contribution < 1.29 is 18.3 Å². The van der Waals surface area contributed by atoms with Crippen LogP contribution in [0.5, 0.6) is 0 Å². The molecule has 1 aromatic carbocycles. The highest BCUT2D eigenvalue weighted by molar-refractivity contribution is 5.79. The smallest absolute Gasteiger partial charge is 0.227 e. The van der Waals surface area contributed by atoms with Crippen LogP contribution in [0.1, 0.15) is 11.3 Å². The first-order valence-corrected chi connectivity index (χ1v) is 9.06. The Morgan fingerprint density at radius 1 is 1.15 bits per heavy atom. The standard InChI is InChI=1S/C20H23FN2O3/c21-18-6-2-1-4-15(18)10-20(24)23-12-16-11-22(7-9-26-19(16)14-23)13-17-5-3-8-25-17/h1-6,8,16,19H,7,9-14H2/t16-,19+/m0/s1. The molecule has 1 aromatic heterocycles. The van der Waals surface area contributed by atoms with Crippen LogP contribution in [0.15, 0.2) is 47.1 Å². The second-order valence-corrected chi connectivity index (χ2v) is 7.05. The van der Waals surface area contributed by atoms with E-state index in [2.05, 4.69) is 4.90 Å². The molecule has 0 radical (unpaired) electrons. The molecule has 2 aliphatic rings. The normalized spacial score (nSPS) is 23.7. The van der Waals surface area contributed by atoms with Gasteiger partial charge in [-0.3, -0.25) is 9.69 Å². The fraction of sp³-hybridized carbons (Fsp3) is 0.450. The van der Waals surface area contributed by atoms with Crippen LogP contribution in [0.25, 0.3) is 0 Å². The van der Waals surface area contributed by atoms with Crippen molar-refractivity contribution >= 4 is 5.91 Å². The molecule has 1 amide bonds. The minimum atomic E-state index is -0.324. The van der Waals surface area contributed by atoms with Crippen LogP contribution in [0, 0.1) is 11.7 Å². The number of rotatable bonds is 4. The average molecular weight is 358 g/mol. The molecule has 0 aliphatic carbocycles. The first-order valence-electron chi connectivity index (χ1n) is 9.06. The molecule has 138 valence electrons. The van der Waals surface area contributed by atoms with E-state index in [0.717, 1.165) is 25.4 Å². The molecule has 2 aromatic rings. The quantitative estimate of drug-likeness (QED) is 0.842. The number of carbonyl (C=O) groups excluding carboxylic acids is 1. The third-order valence-electron chi connectivity index (χ3n) is 5.22. The Hall–Kier alpha value is -2.18. The molecule has 0 unspecified atom stereocenters. The molecule has 2 aliphatic heterocycles. The van der Waals surface area contributed by atoms with Crippen LogP contribution in [-0.4, -0.2) is 54.6 Å². The molecule has 0 N–H and O–H groups in total. The van der Waals surface area contributed by atoms with Crippen molar-refractivity contribution in [1.82, 2.24) is 9.80 Å². The Labute approximate surface area is 152 Å². The van der Waals surface area contributed by atoms with Crippen molar-refractivity contribution in [2.45, 2.75) is 19.1 Å². The predicted molar refractivity (Wildman–Crippen MR) is 93.9 cm³/mol. The number of hydrogen-bond donors (Lipinski definition) is 0. The molecule has 2 saturated heterocycles. The summed E-state index contributed by atoms with van der Waals surface area (Å²) < 4.78 is 25.2. The highest BCUT2D eigenvalue weighted by Crippen LogP contribution is 2.25. The average Bonchev–Trinajstić information content (AvgIpc) is 3.24. The molecule has 2 atom stereocenters. The van der Waals surface area contributed by atoms with Gasteiger partial charge in [0.1, 0.15) is 11.6 Å². The number of amides is 1. The highest BCUT2D eigenvalue weighted by atomic mass is 19.1. The number of ether oxygens (including phenoxy) is 1. The lowest BCUT2D eigenvalue weighted by atomic mass is 10.1. The number of fused-ring (bicyclic) bond motifs is 1. The maximum absolute atomic E-state index is 13.8. The first kappa shape index (κ1) is 17.2. The Morgan fingerprint density at radius 3 is 2.85 bits per heavy atom. The van der Waals surface area contributed by atoms with E-state index in [1.165, 1.54) is 6.07 Å². The summed E-state index contributed by atoms with van der Waals surface area (Å²) in [5, 5.41) is 0. The third-order valence-corrected chi connectivity index (χ3v) is 5.22. The van der Waals surface area contributed by atoms with E-state index >= 15 is 0 Å². The number of carbonyl (C=O) groups is 1. The number of benzene rings is 1. The summed E-state index contributed by atoms with van der Waals surface area (Å²) in [7, 11) is 0. The van der Waals surface area contributed by atoms with Crippen molar-refractivity contribution in [3.63, 3.8) is 0 Å². The number of furan rings is 1. The second-order valence-electron chi connectivity index (χ2n) is 7.05. The summed E-state index contributed by atoms with van der Waals surface area (Å²) in [4.78, 5) is 16.7. The molecule has 0 saturated carbocycles. The van der Waals surface area contributed by atoms with E-state index < -0.39 is 0 Å². The summed E-state index contributed by atoms with van der Waals surface area (Å²) in [6.45, 7) is 4.38. The van der Waals surface area contributed by atoms with Crippen LogP contribution in [0.3, 0.4) is 0 Å². The zero-order valence-corrected chi connectivity index (χ0v) is 14.6. The van der Waals surface area contributed by atoms with E-state index in [4.69, 9.17) is 9.15 Å². The largest absolute Gasteiger partial charge is 0.468 e. The van der Waals surface area contributed by atoms with Crippen molar-refractivity contribution in [3.05, 3.63) is 59.8 Å². The summed E-state index contributed by atoms with van der Waals surface area (Å²) in [5.41, 5.74) is 0.449. The maximum atomic E-state index is 13.8. The first-order chi connectivity index (χ1) is 12.7. The van der Waals surface area contributed by atoms with E-state index in [-0.39, 0.29) is 30.2 Å². The molecular formula is C20H23FN2O3. The Bertz CT molecular complexity index is 749. The minimum Gasteiger partial charge on any atom is -0.468 e. The lowest BCUT2D eigenvalue weighted by Crippen LogP contribution is -2.34. The van der Waals surface area contributed by atoms with E-state index in [1.54, 1.807) is 24.5 Å². The molecule has 4 rings (SSSR count). The van der Waals surface area contributed by atoms with Crippen LogP contribution in [0.4, 0.5) is 4.39 Å². The monoisotopic (exact) mass is 358 g/mol. The zero-order chi connectivity index (χ0) is 17.9. The van der Waals surface area contributed by atoms with Gasteiger partial charge < -0.3 is 14.1 Å². The third kappa shape index (κ3) is 3.81. The van der Waals surface area contributed by atoms with Gasteiger partial charge >= 0.3 is 0 Å². The summed E-state index contributed by atoms with van der Waals surface area (Å²) in [6, 6.07) is 10.3. The second kappa shape index (κ2) is 7.60. The fourth-order valence-electron chi connectivity index (χ4n) is 3.85. The molecule has 26 heavy (non-hydrogen) atoms. The van der Waals surface area contributed by atoms with Gasteiger partial charge in [0.05, 0.1) is 31.9 Å². The summed E-state index contributed by atoms with van der Waals surface area (Å²) in [5.74, 6) is 0.852. The lowest BCUT2D eigenvalue weighted by Gasteiger charge is -2.22. The lowest BCUT2D eigenvalue weighted by molar-refractivity contribution is -0.130. The van der Waals surface area contributed by atoms with Gasteiger partial charge in [-0.2, -0.15) is 0 Å². The maximum Gasteiger partial charge on any atom is 0.227 e.